The van der Waals surface area contributed by atoms with Gasteiger partial charge in [-0.25, -0.2) is 9.37 Å². The van der Waals surface area contributed by atoms with Gasteiger partial charge in [-0.2, -0.15) is 9.61 Å². The summed E-state index contributed by atoms with van der Waals surface area (Å²) in [7, 11) is 0. The van der Waals surface area contributed by atoms with Crippen molar-refractivity contribution in [1.82, 2.24) is 29.4 Å². The molecule has 27 heavy (non-hydrogen) atoms. The molecule has 5 aromatic rings. The minimum absolute atomic E-state index is 0.285. The first-order valence-electron chi connectivity index (χ1n) is 8.24. The molecule has 0 aliphatic heterocycles. The third-order valence-corrected chi connectivity index (χ3v) is 4.98. The predicted octanol–water partition coefficient (Wildman–Crippen LogP) is 3.30. The fourth-order valence-corrected chi connectivity index (χ4v) is 3.58. The van der Waals surface area contributed by atoms with Crippen LogP contribution >= 0.6 is 11.3 Å². The second-order valence-corrected chi connectivity index (χ2v) is 6.95. The van der Waals surface area contributed by atoms with E-state index in [4.69, 9.17) is 4.74 Å². The first kappa shape index (κ1) is 15.9. The number of hydrogen-bond acceptors (Lipinski definition) is 6. The maximum absolute atomic E-state index is 13.0. The number of ether oxygens (including phenoxy) is 1. The van der Waals surface area contributed by atoms with Gasteiger partial charge in [-0.05, 0) is 36.4 Å². The highest BCUT2D eigenvalue weighted by molar-refractivity contribution is 7.16. The highest BCUT2D eigenvalue weighted by Crippen LogP contribution is 2.19. The van der Waals surface area contributed by atoms with E-state index in [1.54, 1.807) is 23.0 Å². The van der Waals surface area contributed by atoms with Gasteiger partial charge in [-0.3, -0.25) is 0 Å². The van der Waals surface area contributed by atoms with E-state index in [1.807, 2.05) is 28.8 Å². The minimum atomic E-state index is -0.294. The van der Waals surface area contributed by atoms with Crippen molar-refractivity contribution in [3.05, 3.63) is 71.5 Å². The van der Waals surface area contributed by atoms with Crippen LogP contribution in [0.1, 0.15) is 10.8 Å². The molecule has 0 saturated carbocycles. The van der Waals surface area contributed by atoms with E-state index in [0.717, 1.165) is 21.9 Å². The number of halogens is 1. The van der Waals surface area contributed by atoms with Crippen LogP contribution in [0.15, 0.2) is 54.9 Å². The van der Waals surface area contributed by atoms with Crippen LogP contribution in [0.4, 0.5) is 4.39 Å². The van der Waals surface area contributed by atoms with Crippen molar-refractivity contribution < 1.29 is 9.13 Å². The van der Waals surface area contributed by atoms with Gasteiger partial charge in [0.05, 0.1) is 23.9 Å². The molecule has 5 rings (SSSR count). The Balaban J connectivity index is 1.37. The van der Waals surface area contributed by atoms with E-state index in [1.165, 1.54) is 23.5 Å². The monoisotopic (exact) mass is 380 g/mol. The molecule has 0 aliphatic carbocycles. The molecule has 0 bridgehead atoms. The third kappa shape index (κ3) is 3.02. The van der Waals surface area contributed by atoms with Crippen LogP contribution in [0.2, 0.25) is 0 Å². The van der Waals surface area contributed by atoms with Crippen molar-refractivity contribution in [2.75, 3.05) is 0 Å². The first-order chi connectivity index (χ1) is 13.3. The van der Waals surface area contributed by atoms with Crippen LogP contribution in [0.25, 0.3) is 16.0 Å². The van der Waals surface area contributed by atoms with Crippen LogP contribution < -0.4 is 4.74 Å². The Morgan fingerprint density at radius 1 is 1.04 bits per heavy atom. The van der Waals surface area contributed by atoms with Gasteiger partial charge in [0.25, 0.3) is 0 Å². The predicted molar refractivity (Wildman–Crippen MR) is 98.2 cm³/mol. The molecule has 0 spiro atoms. The smallest absolute Gasteiger partial charge is 0.234 e. The van der Waals surface area contributed by atoms with Gasteiger partial charge in [0, 0.05) is 0 Å². The second-order valence-electron chi connectivity index (χ2n) is 5.91. The number of rotatable bonds is 5. The molecule has 9 heteroatoms. The normalized spacial score (nSPS) is 11.4. The van der Waals surface area contributed by atoms with E-state index in [-0.39, 0.29) is 12.4 Å². The Labute approximate surface area is 156 Å². The summed E-state index contributed by atoms with van der Waals surface area (Å²) in [6.07, 6.45) is 1.79. The van der Waals surface area contributed by atoms with Crippen LogP contribution in [-0.4, -0.2) is 29.4 Å². The molecule has 0 atom stereocenters. The zero-order valence-corrected chi connectivity index (χ0v) is 14.8. The summed E-state index contributed by atoms with van der Waals surface area (Å²) in [5, 5.41) is 13.7. The van der Waals surface area contributed by atoms with Gasteiger partial charge in [0.2, 0.25) is 4.96 Å². The number of fused-ring (bicyclic) bond motifs is 2. The molecule has 0 N–H and O–H groups in total. The Kier molecular flexibility index (Phi) is 3.79. The zero-order chi connectivity index (χ0) is 18.2. The van der Waals surface area contributed by atoms with Crippen molar-refractivity contribution in [2.45, 2.75) is 13.2 Å². The first-order valence-corrected chi connectivity index (χ1v) is 9.06. The molecule has 0 fully saturated rings. The molecule has 0 saturated heterocycles. The average molecular weight is 380 g/mol. The fraction of sp³-hybridized carbons (Fsp3) is 0.111. The van der Waals surface area contributed by atoms with E-state index in [0.29, 0.717) is 17.3 Å². The van der Waals surface area contributed by atoms with Gasteiger partial charge in [-0.15, -0.1) is 10.2 Å². The molecule has 134 valence electrons. The summed E-state index contributed by atoms with van der Waals surface area (Å²) < 4.78 is 22.3. The molecule has 0 unspecified atom stereocenters. The highest BCUT2D eigenvalue weighted by Gasteiger charge is 2.13. The van der Waals surface area contributed by atoms with E-state index >= 15 is 0 Å². The van der Waals surface area contributed by atoms with Gasteiger partial charge in [0.15, 0.2) is 10.8 Å². The van der Waals surface area contributed by atoms with Crippen LogP contribution in [0.3, 0.4) is 0 Å². The van der Waals surface area contributed by atoms with Crippen LogP contribution in [-0.2, 0) is 13.2 Å². The van der Waals surface area contributed by atoms with Gasteiger partial charge in [0.1, 0.15) is 18.2 Å². The molecule has 0 amide bonds. The summed E-state index contributed by atoms with van der Waals surface area (Å²) in [6.45, 7) is 0.802. The number of benzene rings is 2. The molecule has 7 nitrogen and oxygen atoms in total. The van der Waals surface area contributed by atoms with E-state index in [2.05, 4.69) is 20.3 Å². The standard InChI is InChI=1S/C18H13FN6OS/c19-12-5-7-13(8-6-12)26-10-17-23-25-16(21-22-18(25)27-17)9-24-11-20-14-3-1-2-4-15(14)24/h1-8,11H,9-10H2. The number of para-hydroxylation sites is 2. The largest absolute Gasteiger partial charge is 0.486 e. The van der Waals surface area contributed by atoms with Crippen molar-refractivity contribution in [3.63, 3.8) is 0 Å². The Morgan fingerprint density at radius 3 is 2.78 bits per heavy atom. The number of aromatic nitrogens is 6. The Morgan fingerprint density at radius 2 is 1.89 bits per heavy atom. The molecular formula is C18H13FN6OS. The fourth-order valence-electron chi connectivity index (χ4n) is 2.82. The molecule has 2 aromatic carbocycles. The van der Waals surface area contributed by atoms with Crippen LogP contribution in [0, 0.1) is 5.82 Å². The molecular weight excluding hydrogens is 367 g/mol. The van der Waals surface area contributed by atoms with Gasteiger partial charge < -0.3 is 9.30 Å². The van der Waals surface area contributed by atoms with E-state index < -0.39 is 0 Å². The minimum Gasteiger partial charge on any atom is -0.486 e. The quantitative estimate of drug-likeness (QED) is 0.468. The molecule has 0 radical (unpaired) electrons. The van der Waals surface area contributed by atoms with Crippen molar-refractivity contribution in [2.24, 2.45) is 0 Å². The Hall–Kier alpha value is -3.33. The number of nitrogens with zero attached hydrogens (tertiary/aromatic N) is 6. The average Bonchev–Trinajstić information content (AvgIpc) is 3.37. The van der Waals surface area contributed by atoms with Crippen LogP contribution in [0.5, 0.6) is 5.75 Å². The number of hydrogen-bond donors (Lipinski definition) is 0. The lowest BCUT2D eigenvalue weighted by Gasteiger charge is -2.03. The zero-order valence-electron chi connectivity index (χ0n) is 14.0. The van der Waals surface area contributed by atoms with Crippen molar-refractivity contribution in [3.8, 4) is 5.75 Å². The van der Waals surface area contributed by atoms with Crippen molar-refractivity contribution in [1.29, 1.82) is 0 Å². The number of imidazole rings is 1. The maximum atomic E-state index is 13.0. The highest BCUT2D eigenvalue weighted by atomic mass is 32.1. The second kappa shape index (κ2) is 6.44. The van der Waals surface area contributed by atoms with Gasteiger partial charge in [-0.1, -0.05) is 23.5 Å². The summed E-state index contributed by atoms with van der Waals surface area (Å²) in [5.41, 5.74) is 1.97. The topological polar surface area (TPSA) is 70.1 Å². The Bertz CT molecular complexity index is 1230. The molecule has 3 heterocycles. The summed E-state index contributed by atoms with van der Waals surface area (Å²) in [4.78, 5) is 5.10. The maximum Gasteiger partial charge on any atom is 0.234 e. The SMILES string of the molecule is Fc1ccc(OCc2nn3c(Cn4cnc5ccccc54)nnc3s2)cc1. The molecule has 0 aliphatic rings. The molecule has 3 aromatic heterocycles. The lowest BCUT2D eigenvalue weighted by Crippen LogP contribution is -2.05. The summed E-state index contributed by atoms with van der Waals surface area (Å²) in [5.74, 6) is 1.02. The lowest BCUT2D eigenvalue weighted by atomic mass is 10.3. The summed E-state index contributed by atoms with van der Waals surface area (Å²) >= 11 is 1.41. The third-order valence-electron chi connectivity index (χ3n) is 4.11. The lowest BCUT2D eigenvalue weighted by molar-refractivity contribution is 0.303. The van der Waals surface area contributed by atoms with E-state index in [9.17, 15) is 4.39 Å². The summed E-state index contributed by atoms with van der Waals surface area (Å²) in [6, 6.07) is 13.8. The van der Waals surface area contributed by atoms with Gasteiger partial charge >= 0.3 is 0 Å². The van der Waals surface area contributed by atoms with Crippen molar-refractivity contribution >= 4 is 27.3 Å².